The maximum Gasteiger partial charge on any atom is 0.341 e. The summed E-state index contributed by atoms with van der Waals surface area (Å²) < 4.78 is 6.89. The summed E-state index contributed by atoms with van der Waals surface area (Å²) in [7, 11) is 1.88. The Labute approximate surface area is 126 Å². The quantitative estimate of drug-likeness (QED) is 0.762. The van der Waals surface area contributed by atoms with Gasteiger partial charge in [0, 0.05) is 39.3 Å². The third-order valence-corrected chi connectivity index (χ3v) is 4.19. The van der Waals surface area contributed by atoms with E-state index in [1.807, 2.05) is 14.0 Å². The van der Waals surface area contributed by atoms with Gasteiger partial charge >= 0.3 is 5.97 Å². The number of likely N-dealkylation sites (N-methyl/N-ethyl adjacent to an activating group) is 1. The lowest BCUT2D eigenvalue weighted by molar-refractivity contribution is 0.0519. The zero-order valence-corrected chi connectivity index (χ0v) is 13.5. The van der Waals surface area contributed by atoms with Gasteiger partial charge in [-0.3, -0.25) is 14.5 Å². The van der Waals surface area contributed by atoms with Gasteiger partial charge in [0.15, 0.2) is 0 Å². The number of ether oxygens (including phenoxy) is 1. The molecule has 2 rings (SSSR count). The number of carbonyl (C=O) groups excluding carboxylic acids is 1. The molecule has 0 bridgehead atoms. The van der Waals surface area contributed by atoms with Crippen molar-refractivity contribution < 1.29 is 9.53 Å². The van der Waals surface area contributed by atoms with Crippen molar-refractivity contribution in [1.82, 2.24) is 19.6 Å². The zero-order chi connectivity index (χ0) is 15.4. The summed E-state index contributed by atoms with van der Waals surface area (Å²) in [6.07, 6.45) is 1.61. The summed E-state index contributed by atoms with van der Waals surface area (Å²) in [4.78, 5) is 16.8. The van der Waals surface area contributed by atoms with Crippen LogP contribution in [0, 0.1) is 0 Å². The van der Waals surface area contributed by atoms with Crippen LogP contribution in [0.3, 0.4) is 0 Å². The van der Waals surface area contributed by atoms with Crippen molar-refractivity contribution in [2.75, 3.05) is 32.8 Å². The number of rotatable bonds is 5. The van der Waals surface area contributed by atoms with Gasteiger partial charge in [-0.05, 0) is 20.4 Å². The number of aryl methyl sites for hydroxylation is 1. The second kappa shape index (κ2) is 7.04. The number of hydrogen-bond acceptors (Lipinski definition) is 5. The number of piperazine rings is 1. The van der Waals surface area contributed by atoms with Gasteiger partial charge in [0.05, 0.1) is 18.5 Å². The zero-order valence-electron chi connectivity index (χ0n) is 13.5. The lowest BCUT2D eigenvalue weighted by Crippen LogP contribution is -2.51. The normalized spacial score (nSPS) is 20.7. The van der Waals surface area contributed by atoms with Crippen LogP contribution < -0.4 is 0 Å². The molecule has 0 radical (unpaired) electrons. The summed E-state index contributed by atoms with van der Waals surface area (Å²) in [5.74, 6) is -0.277. The lowest BCUT2D eigenvalue weighted by atomic mass is 10.1. The molecular formula is C15H26N4O2. The number of esters is 1. The van der Waals surface area contributed by atoms with Crippen LogP contribution in [0.1, 0.15) is 36.8 Å². The minimum Gasteiger partial charge on any atom is -0.462 e. The molecule has 1 unspecified atom stereocenters. The maximum absolute atomic E-state index is 12.0. The average Bonchev–Trinajstić information content (AvgIpc) is 2.81. The summed E-state index contributed by atoms with van der Waals surface area (Å²) in [6.45, 7) is 11.6. The van der Waals surface area contributed by atoms with Gasteiger partial charge < -0.3 is 4.74 Å². The van der Waals surface area contributed by atoms with Crippen molar-refractivity contribution in [1.29, 1.82) is 0 Å². The first kappa shape index (κ1) is 16.0. The van der Waals surface area contributed by atoms with E-state index in [-0.39, 0.29) is 5.97 Å². The number of carbonyl (C=O) groups is 1. The fourth-order valence-corrected chi connectivity index (χ4v) is 2.93. The molecule has 1 fully saturated rings. The van der Waals surface area contributed by atoms with E-state index in [1.165, 1.54) is 0 Å². The van der Waals surface area contributed by atoms with Crippen molar-refractivity contribution >= 4 is 5.97 Å². The van der Waals surface area contributed by atoms with Crippen molar-refractivity contribution in [3.8, 4) is 0 Å². The summed E-state index contributed by atoms with van der Waals surface area (Å²) >= 11 is 0. The Bertz CT molecular complexity index is 486. The van der Waals surface area contributed by atoms with E-state index in [1.54, 1.807) is 10.9 Å². The van der Waals surface area contributed by atoms with E-state index in [0.29, 0.717) is 18.2 Å². The van der Waals surface area contributed by atoms with Crippen LogP contribution in [-0.2, 0) is 18.3 Å². The van der Waals surface area contributed by atoms with Crippen molar-refractivity contribution in [2.24, 2.45) is 7.05 Å². The molecule has 1 aromatic rings. The highest BCUT2D eigenvalue weighted by atomic mass is 16.5. The average molecular weight is 294 g/mol. The number of aromatic nitrogens is 2. The highest BCUT2D eigenvalue weighted by Gasteiger charge is 2.25. The molecule has 6 heteroatoms. The molecule has 0 spiro atoms. The van der Waals surface area contributed by atoms with Gasteiger partial charge in [-0.2, -0.15) is 5.10 Å². The number of nitrogens with zero attached hydrogens (tertiary/aromatic N) is 4. The van der Waals surface area contributed by atoms with E-state index in [9.17, 15) is 4.79 Å². The molecule has 0 amide bonds. The minimum absolute atomic E-state index is 0.277. The molecule has 2 heterocycles. The van der Waals surface area contributed by atoms with Gasteiger partial charge in [-0.15, -0.1) is 0 Å². The van der Waals surface area contributed by atoms with Crippen LogP contribution in [0.5, 0.6) is 0 Å². The largest absolute Gasteiger partial charge is 0.462 e. The molecule has 1 aliphatic rings. The first-order valence-electron chi connectivity index (χ1n) is 7.71. The Morgan fingerprint density at radius 3 is 2.81 bits per heavy atom. The van der Waals surface area contributed by atoms with E-state index < -0.39 is 0 Å². The van der Waals surface area contributed by atoms with Crippen molar-refractivity contribution in [3.05, 3.63) is 17.5 Å². The Kier molecular flexibility index (Phi) is 5.36. The van der Waals surface area contributed by atoms with Crippen molar-refractivity contribution in [2.45, 2.75) is 33.4 Å². The van der Waals surface area contributed by atoms with E-state index in [2.05, 4.69) is 28.7 Å². The summed E-state index contributed by atoms with van der Waals surface area (Å²) in [5, 5.41) is 4.21. The summed E-state index contributed by atoms with van der Waals surface area (Å²) in [6, 6.07) is 0.544. The predicted octanol–water partition coefficient (Wildman–Crippen LogP) is 1.12. The van der Waals surface area contributed by atoms with Gasteiger partial charge in [-0.25, -0.2) is 4.79 Å². The Morgan fingerprint density at radius 2 is 2.19 bits per heavy atom. The van der Waals surface area contributed by atoms with Gasteiger partial charge in [0.25, 0.3) is 0 Å². The van der Waals surface area contributed by atoms with Crippen LogP contribution in [0.15, 0.2) is 6.20 Å². The Morgan fingerprint density at radius 1 is 1.43 bits per heavy atom. The molecular weight excluding hydrogens is 268 g/mol. The first-order valence-corrected chi connectivity index (χ1v) is 7.71. The van der Waals surface area contributed by atoms with Crippen LogP contribution in [-0.4, -0.2) is 64.4 Å². The highest BCUT2D eigenvalue weighted by molar-refractivity contribution is 5.90. The SMILES string of the molecule is CCOC(=O)c1cnn(C)c1CN1CCN(CC)C(C)C1. The molecule has 1 saturated heterocycles. The van der Waals surface area contributed by atoms with E-state index >= 15 is 0 Å². The molecule has 0 aliphatic carbocycles. The molecule has 1 aliphatic heterocycles. The van der Waals surface area contributed by atoms with Gasteiger partial charge in [-0.1, -0.05) is 6.92 Å². The standard InChI is InChI=1S/C15H26N4O2/c1-5-19-8-7-18(10-12(19)3)11-14-13(9-16-17(14)4)15(20)21-6-2/h9,12H,5-8,10-11H2,1-4H3. The third kappa shape index (κ3) is 3.63. The second-order valence-corrected chi connectivity index (χ2v) is 5.56. The fraction of sp³-hybridized carbons (Fsp3) is 0.733. The minimum atomic E-state index is -0.277. The molecule has 6 nitrogen and oxygen atoms in total. The molecule has 0 aromatic carbocycles. The van der Waals surface area contributed by atoms with Crippen LogP contribution >= 0.6 is 0 Å². The Hall–Kier alpha value is -1.40. The van der Waals surface area contributed by atoms with E-state index in [0.717, 1.165) is 38.4 Å². The second-order valence-electron chi connectivity index (χ2n) is 5.56. The maximum atomic E-state index is 12.0. The lowest BCUT2D eigenvalue weighted by Gasteiger charge is -2.39. The van der Waals surface area contributed by atoms with Crippen molar-refractivity contribution in [3.63, 3.8) is 0 Å². The smallest absolute Gasteiger partial charge is 0.341 e. The van der Waals surface area contributed by atoms with Crippen LogP contribution in [0.2, 0.25) is 0 Å². The predicted molar refractivity (Wildman–Crippen MR) is 81.2 cm³/mol. The molecule has 0 saturated carbocycles. The summed E-state index contributed by atoms with van der Waals surface area (Å²) in [5.41, 5.74) is 1.52. The van der Waals surface area contributed by atoms with Crippen LogP contribution in [0.4, 0.5) is 0 Å². The van der Waals surface area contributed by atoms with E-state index in [4.69, 9.17) is 4.74 Å². The first-order chi connectivity index (χ1) is 10.1. The molecule has 118 valence electrons. The Balaban J connectivity index is 2.06. The van der Waals surface area contributed by atoms with Gasteiger partial charge in [0.2, 0.25) is 0 Å². The monoisotopic (exact) mass is 294 g/mol. The molecule has 1 aromatic heterocycles. The molecule has 21 heavy (non-hydrogen) atoms. The topological polar surface area (TPSA) is 50.6 Å². The fourth-order valence-electron chi connectivity index (χ4n) is 2.93. The third-order valence-electron chi connectivity index (χ3n) is 4.19. The number of hydrogen-bond donors (Lipinski definition) is 0. The molecule has 0 N–H and O–H groups in total. The van der Waals surface area contributed by atoms with Gasteiger partial charge in [0.1, 0.15) is 5.56 Å². The van der Waals surface area contributed by atoms with Crippen LogP contribution in [0.25, 0.3) is 0 Å². The highest BCUT2D eigenvalue weighted by Crippen LogP contribution is 2.16. The molecule has 1 atom stereocenters.